The number of carbonyl (C=O) groups is 12. The summed E-state index contributed by atoms with van der Waals surface area (Å²) in [7, 11) is 0. The number of nitrogens with one attached hydrogen (secondary N) is 4. The molecule has 0 aliphatic rings. The average molecular weight is 1790 g/mol. The first-order valence-electron chi connectivity index (χ1n) is 39.8. The molecule has 0 saturated heterocycles. The number of non-ortho nitro benzene ring substituents is 2. The van der Waals surface area contributed by atoms with Gasteiger partial charge in [-0.3, -0.25) is 55.1 Å². The number of nitrogens with zero attached hydrogens (tertiary/aromatic N) is 6. The number of benzene rings is 8. The largest absolute Gasteiger partial charge is 0.510 e. The Hall–Kier alpha value is -16.3. The van der Waals surface area contributed by atoms with E-state index in [1.54, 1.807) is 128 Å². The second kappa shape index (κ2) is 61.1. The van der Waals surface area contributed by atoms with Gasteiger partial charge >= 0.3 is 59.7 Å². The third-order valence-electron chi connectivity index (χ3n) is 16.1. The Morgan fingerprint density at radius 3 is 1.16 bits per heavy atom. The molecule has 0 bridgehead atoms. The molecule has 0 spiro atoms. The molecule has 0 radical (unpaired) electrons. The smallest absolute Gasteiger partial charge is 0.366 e. The fourth-order valence-corrected chi connectivity index (χ4v) is 9.76. The lowest BCUT2D eigenvalue weighted by Gasteiger charge is -2.16. The molecular formula is C89H105N13O27. The van der Waals surface area contributed by atoms with E-state index in [0.717, 1.165) is 19.3 Å². The number of esters is 7. The molecule has 0 aliphatic carbocycles. The van der Waals surface area contributed by atoms with Gasteiger partial charge in [-0.15, -0.1) is 5.11 Å². The Morgan fingerprint density at radius 2 is 0.791 bits per heavy atom. The quantitative estimate of drug-likeness (QED) is 0.00166. The number of ether oxygens (including phenoxy) is 7. The molecule has 0 aromatic heterocycles. The second-order valence-corrected chi connectivity index (χ2v) is 25.7. The van der Waals surface area contributed by atoms with Crippen LogP contribution in [0.1, 0.15) is 161 Å². The van der Waals surface area contributed by atoms with Gasteiger partial charge < -0.3 is 81.4 Å². The van der Waals surface area contributed by atoms with Gasteiger partial charge in [0.1, 0.15) is 12.2 Å². The lowest BCUT2D eigenvalue weighted by Crippen LogP contribution is -2.29. The Balaban J connectivity index is 0.000000532. The predicted molar refractivity (Wildman–Crippen MR) is 479 cm³/mol. The van der Waals surface area contributed by atoms with E-state index in [-0.39, 0.29) is 116 Å². The third-order valence-corrected chi connectivity index (χ3v) is 16.1. The number of hydrazone groups is 2. The summed E-state index contributed by atoms with van der Waals surface area (Å²) in [5.41, 5.74) is 26.0. The minimum Gasteiger partial charge on any atom is -0.510 e. The number of aliphatic hydroxyl groups excluding tert-OH is 1. The highest BCUT2D eigenvalue weighted by molar-refractivity contribution is 6.63. The van der Waals surface area contributed by atoms with Gasteiger partial charge in [0.05, 0.1) is 90.2 Å². The van der Waals surface area contributed by atoms with Crippen LogP contribution in [0.3, 0.4) is 0 Å². The van der Waals surface area contributed by atoms with Crippen LogP contribution in [0.5, 0.6) is 0 Å². The normalized spacial score (nSPS) is 10.6. The van der Waals surface area contributed by atoms with Crippen molar-refractivity contribution in [2.75, 3.05) is 84.9 Å². The fraction of sp³-hybridized carbons (Fsp3) is 0.281. The predicted octanol–water partition coefficient (Wildman–Crippen LogP) is 15.1. The van der Waals surface area contributed by atoms with Crippen LogP contribution in [0, 0.1) is 26.1 Å². The molecule has 0 heterocycles. The molecule has 8 aromatic rings. The fourth-order valence-electron chi connectivity index (χ4n) is 9.76. The van der Waals surface area contributed by atoms with Crippen LogP contribution in [-0.2, 0) is 71.5 Å². The first-order chi connectivity index (χ1) is 61.5. The van der Waals surface area contributed by atoms with Gasteiger partial charge in [-0.25, -0.2) is 33.6 Å². The van der Waals surface area contributed by atoms with E-state index in [1.807, 2.05) is 25.1 Å². The van der Waals surface area contributed by atoms with Crippen molar-refractivity contribution in [1.29, 1.82) is 0 Å². The lowest BCUT2D eigenvalue weighted by molar-refractivity contribution is -0.385. The second-order valence-electron chi connectivity index (χ2n) is 25.7. The van der Waals surface area contributed by atoms with E-state index in [0.29, 0.717) is 57.7 Å². The first kappa shape index (κ1) is 109. The number of allylic oxidation sites excluding steroid dienone is 1. The summed E-state index contributed by atoms with van der Waals surface area (Å²) in [5.74, 6) is -8.86. The summed E-state index contributed by atoms with van der Waals surface area (Å²) < 4.78 is 33.0. The number of nitro benzene ring substituents is 2. The van der Waals surface area contributed by atoms with E-state index < -0.39 is 86.9 Å². The van der Waals surface area contributed by atoms with Gasteiger partial charge in [0.2, 0.25) is 5.70 Å². The number of nitrogens with two attached hydrogens (primary N) is 3. The molecule has 8 rings (SSSR count). The molecule has 40 heteroatoms. The van der Waals surface area contributed by atoms with Gasteiger partial charge in [0.25, 0.3) is 34.6 Å². The highest BCUT2D eigenvalue weighted by atomic mass is 16.6. The number of hydrogen-bond donors (Lipinski definition) is 11. The van der Waals surface area contributed by atoms with Crippen molar-refractivity contribution in [2.24, 2.45) is 26.3 Å². The third kappa shape index (κ3) is 43.5. The molecule has 688 valence electrons. The monoisotopic (exact) mass is 1790 g/mol. The summed E-state index contributed by atoms with van der Waals surface area (Å²) in [6.45, 7) is 18.2. The molecule has 2 amide bonds. The Labute approximate surface area is 742 Å². The van der Waals surface area contributed by atoms with Crippen molar-refractivity contribution in [3.8, 4) is 0 Å². The van der Waals surface area contributed by atoms with Crippen molar-refractivity contribution < 1.29 is 121 Å². The minimum atomic E-state index is -1.05. The number of carbonyl (C=O) groups excluding carboxylic acids is 9. The summed E-state index contributed by atoms with van der Waals surface area (Å²) in [4.78, 5) is 157. The molecule has 8 aromatic carbocycles. The maximum atomic E-state index is 12.3. The number of nitrogen functional groups attached to an aromatic ring is 3. The number of amides is 2. The number of aromatic carboxylic acids is 2. The van der Waals surface area contributed by atoms with E-state index >= 15 is 0 Å². The lowest BCUT2D eigenvalue weighted by atomic mass is 9.89. The number of carboxylic acid groups (broad SMARTS) is 3. The van der Waals surface area contributed by atoms with E-state index in [9.17, 15) is 82.9 Å². The Morgan fingerprint density at radius 1 is 0.411 bits per heavy atom. The number of rotatable bonds is 36. The van der Waals surface area contributed by atoms with Crippen molar-refractivity contribution in [3.05, 3.63) is 260 Å². The SMILES string of the molecule is CCC(CCC(C)C(=O)O)c1ccccc1.CCCC(O)=C(N=Nc1ccc(C(=O)O)cc1)C(=O)OCC.CCOC(=O)C(=NNc1ccc(C(=O)Nc2cccc(N)c2)cc1)C(=O)OCC.CCOC(=O)C(=NNc1ccc(C(=O)Nc2cccc([N+](=O)[O-])c2)cc1)C(=O)OCC.CCOC(=O)CC(=O)OCC.Nc1ccc(C(=O)O)cc1.Nc1cccc([N+](=O)[O-])c1. The van der Waals surface area contributed by atoms with Crippen molar-refractivity contribution >= 4 is 140 Å². The molecule has 40 nitrogen and oxygen atoms in total. The summed E-state index contributed by atoms with van der Waals surface area (Å²) in [6, 6.07) is 52.5. The van der Waals surface area contributed by atoms with E-state index in [2.05, 4.69) is 70.4 Å². The standard InChI is InChI=1S/C20H20N4O7.C20H22N4O5.C15H18N2O5.C14H20O2.C7H7NO2.C7H12O4.C6H6N2O2/c1-3-30-19(26)17(20(27)31-4-2)23-22-14-10-8-13(9-11-14)18(25)21-15-6-5-7-16(12-15)24(28)29;1-3-28-19(26)17(20(27)29-4-2)24-23-15-10-8-13(9-11-15)18(25)22-16-7-5-6-14(21)12-16;1-3-5-12(18)13(15(21)22-4-2)17-16-11-8-6-10(7-9-11)14(19)20;1-3-12(10-9-11(2)14(15)16)13-7-5-4-6-8-13;8-6-3-1-5(2-4-6)7(9)10;1-3-10-6(8)5-7(9)11-4-2;7-5-2-1-3-6(4-5)8(9)10/h5-12,22H,3-4H2,1-2H3,(H,21,25);5-12,23H,3-4,21H2,1-2H3,(H,22,25);6-9,18H,3-5H2,1-2H3,(H,19,20);4-8,11-12H,3,9-10H2,1-2H3,(H,15,16);1-4H,8H2,(H,9,10);3-5H2,1-2H3;1-4H,7H2. The van der Waals surface area contributed by atoms with Gasteiger partial charge in [0, 0.05) is 70.3 Å². The zero-order valence-electron chi connectivity index (χ0n) is 72.5. The van der Waals surface area contributed by atoms with Crippen LogP contribution in [-0.4, -0.2) is 159 Å². The Kier molecular flexibility index (Phi) is 51.5. The minimum absolute atomic E-state index is 0.0278. The number of carboxylic acids is 3. The summed E-state index contributed by atoms with van der Waals surface area (Å²) >= 11 is 0. The number of aliphatic carboxylic acids is 1. The van der Waals surface area contributed by atoms with Gasteiger partial charge in [-0.1, -0.05) is 69.3 Å². The van der Waals surface area contributed by atoms with Crippen LogP contribution in [0.25, 0.3) is 0 Å². The van der Waals surface area contributed by atoms with E-state index in [4.69, 9.17) is 56.2 Å². The first-order valence-corrected chi connectivity index (χ1v) is 39.8. The van der Waals surface area contributed by atoms with Crippen LogP contribution >= 0.6 is 0 Å². The molecule has 2 atom stereocenters. The van der Waals surface area contributed by atoms with Crippen molar-refractivity contribution in [1.82, 2.24) is 0 Å². The molecular weight excluding hydrogens is 1680 g/mol. The van der Waals surface area contributed by atoms with Crippen LogP contribution < -0.4 is 38.7 Å². The van der Waals surface area contributed by atoms with Crippen LogP contribution in [0.15, 0.2) is 232 Å². The number of anilines is 7. The number of hydrogen-bond acceptors (Lipinski definition) is 33. The van der Waals surface area contributed by atoms with Crippen LogP contribution in [0.2, 0.25) is 0 Å². The maximum absolute atomic E-state index is 12.3. The van der Waals surface area contributed by atoms with Crippen molar-refractivity contribution in [3.63, 3.8) is 0 Å². The molecule has 129 heavy (non-hydrogen) atoms. The zero-order valence-corrected chi connectivity index (χ0v) is 72.5. The Bertz CT molecular complexity index is 5070. The van der Waals surface area contributed by atoms with Crippen molar-refractivity contribution in [2.45, 2.75) is 114 Å². The topological polar surface area (TPSA) is 612 Å². The molecule has 2 unspecified atom stereocenters. The number of azo groups is 1. The molecule has 0 aliphatic heterocycles. The highest BCUT2D eigenvalue weighted by Crippen LogP contribution is 2.27. The summed E-state index contributed by atoms with van der Waals surface area (Å²) in [6.07, 6.45) is 3.40. The number of aliphatic hydroxyl groups is 1. The van der Waals surface area contributed by atoms with Gasteiger partial charge in [0.15, 0.2) is 0 Å². The van der Waals surface area contributed by atoms with Gasteiger partial charge in [-0.05, 0) is 213 Å². The maximum Gasteiger partial charge on any atom is 0.366 e. The zero-order chi connectivity index (χ0) is 96.3. The molecule has 14 N–H and O–H groups in total. The average Bonchev–Trinajstić information content (AvgIpc) is 0.894. The van der Waals surface area contributed by atoms with E-state index in [1.165, 1.54) is 103 Å². The highest BCUT2D eigenvalue weighted by Gasteiger charge is 2.26. The molecule has 0 fully saturated rings. The van der Waals surface area contributed by atoms with Gasteiger partial charge in [-0.2, -0.15) is 15.3 Å². The van der Waals surface area contributed by atoms with Crippen LogP contribution in [0.4, 0.5) is 56.9 Å². The number of nitro groups is 2. The molecule has 0 saturated carbocycles. The summed E-state index contributed by atoms with van der Waals surface area (Å²) in [5, 5.41) is 77.3.